The normalized spacial score (nSPS) is 26.4. The van der Waals surface area contributed by atoms with Crippen LogP contribution in [0, 0.1) is 23.7 Å². The zero-order valence-corrected chi connectivity index (χ0v) is 20.9. The third-order valence-electron chi connectivity index (χ3n) is 6.13. The first-order valence-electron chi connectivity index (χ1n) is 9.89. The SMILES string of the molecule is O=C1[C@@H]2[C@H](C(=O)N1N=Cc1cc(Br)ccc1OCc1ccc(Br)cc1Br)[C@H]1C=C[C@H]2C1. The lowest BCUT2D eigenvalue weighted by molar-refractivity contribution is -0.140. The molecule has 1 aliphatic heterocycles. The number of amides is 2. The fourth-order valence-electron chi connectivity index (χ4n) is 4.67. The molecule has 0 unspecified atom stereocenters. The van der Waals surface area contributed by atoms with Crippen LogP contribution in [0.2, 0.25) is 0 Å². The minimum Gasteiger partial charge on any atom is -0.488 e. The Balaban J connectivity index is 1.36. The number of hydrogen-bond donors (Lipinski definition) is 0. The minimum atomic E-state index is -0.257. The zero-order chi connectivity index (χ0) is 21.7. The number of halogens is 3. The van der Waals surface area contributed by atoms with Gasteiger partial charge in [-0.05, 0) is 48.6 Å². The van der Waals surface area contributed by atoms with E-state index >= 15 is 0 Å². The standard InChI is InChI=1S/C23H17Br3N2O3/c24-16-5-6-19(31-11-14-3-4-17(25)9-18(14)26)15(8-16)10-27-28-22(29)20-12-1-2-13(7-12)21(20)23(28)30/h1-6,8-10,12-13,20-21H,7,11H2/t12-,13-,20-,21+/m0/s1. The summed E-state index contributed by atoms with van der Waals surface area (Å²) >= 11 is 10.5. The van der Waals surface area contributed by atoms with Crippen LogP contribution in [-0.4, -0.2) is 23.0 Å². The van der Waals surface area contributed by atoms with E-state index in [0.29, 0.717) is 17.9 Å². The molecule has 5 nitrogen and oxygen atoms in total. The van der Waals surface area contributed by atoms with Gasteiger partial charge in [-0.3, -0.25) is 9.59 Å². The van der Waals surface area contributed by atoms with E-state index in [9.17, 15) is 9.59 Å². The number of carbonyl (C=O) groups excluding carboxylic acids is 2. The Hall–Kier alpha value is -1.77. The van der Waals surface area contributed by atoms with Crippen molar-refractivity contribution in [1.82, 2.24) is 5.01 Å². The van der Waals surface area contributed by atoms with E-state index in [0.717, 1.165) is 30.4 Å². The molecular formula is C23H17Br3N2O3. The number of allylic oxidation sites excluding steroid dienone is 2. The summed E-state index contributed by atoms with van der Waals surface area (Å²) in [4.78, 5) is 25.7. The molecule has 2 bridgehead atoms. The van der Waals surface area contributed by atoms with Crippen molar-refractivity contribution in [3.8, 4) is 5.75 Å². The Morgan fingerprint density at radius 3 is 2.29 bits per heavy atom. The van der Waals surface area contributed by atoms with E-state index < -0.39 is 0 Å². The molecule has 31 heavy (non-hydrogen) atoms. The van der Waals surface area contributed by atoms with Crippen molar-refractivity contribution in [2.45, 2.75) is 13.0 Å². The summed E-state index contributed by atoms with van der Waals surface area (Å²) < 4.78 is 8.80. The molecule has 8 heteroatoms. The minimum absolute atomic E-state index is 0.167. The Kier molecular flexibility index (Phi) is 5.65. The molecule has 2 aliphatic carbocycles. The first kappa shape index (κ1) is 21.1. The molecule has 1 heterocycles. The molecule has 5 rings (SSSR count). The number of ether oxygens (including phenoxy) is 1. The number of hydrazone groups is 1. The summed E-state index contributed by atoms with van der Waals surface area (Å²) in [5, 5.41) is 5.34. The lowest BCUT2D eigenvalue weighted by Crippen LogP contribution is -2.28. The molecule has 158 valence electrons. The van der Waals surface area contributed by atoms with E-state index in [1.165, 1.54) is 6.21 Å². The number of nitrogens with zero attached hydrogens (tertiary/aromatic N) is 2. The molecule has 2 aromatic carbocycles. The molecule has 1 saturated heterocycles. The first-order valence-corrected chi connectivity index (χ1v) is 12.3. The summed E-state index contributed by atoms with van der Waals surface area (Å²) in [6.07, 6.45) is 6.58. The number of carbonyl (C=O) groups is 2. The zero-order valence-electron chi connectivity index (χ0n) is 16.2. The van der Waals surface area contributed by atoms with Gasteiger partial charge >= 0.3 is 0 Å². The van der Waals surface area contributed by atoms with Gasteiger partial charge in [0, 0.05) is 24.5 Å². The molecule has 2 aromatic rings. The van der Waals surface area contributed by atoms with E-state index in [2.05, 4.69) is 65.0 Å². The second kappa shape index (κ2) is 8.30. The average Bonchev–Trinajstić information content (AvgIpc) is 3.41. The third kappa shape index (κ3) is 3.83. The van der Waals surface area contributed by atoms with Gasteiger partial charge in [-0.25, -0.2) is 0 Å². The van der Waals surface area contributed by atoms with Crippen molar-refractivity contribution in [2.75, 3.05) is 0 Å². The van der Waals surface area contributed by atoms with Crippen LogP contribution in [0.1, 0.15) is 17.5 Å². The van der Waals surface area contributed by atoms with Crippen LogP contribution in [0.4, 0.5) is 0 Å². The molecule has 0 spiro atoms. The largest absolute Gasteiger partial charge is 0.488 e. The van der Waals surface area contributed by atoms with Crippen molar-refractivity contribution in [3.05, 3.63) is 73.1 Å². The lowest BCUT2D eigenvalue weighted by atomic mass is 9.85. The van der Waals surface area contributed by atoms with Gasteiger partial charge in [0.25, 0.3) is 11.8 Å². The fourth-order valence-corrected chi connectivity index (χ4v) is 6.21. The molecule has 1 saturated carbocycles. The Morgan fingerprint density at radius 2 is 1.61 bits per heavy atom. The molecule has 3 aliphatic rings. The van der Waals surface area contributed by atoms with Crippen LogP contribution in [0.3, 0.4) is 0 Å². The summed E-state index contributed by atoms with van der Waals surface area (Å²) in [5.74, 6) is 0.0447. The molecular weight excluding hydrogens is 592 g/mol. The summed E-state index contributed by atoms with van der Waals surface area (Å²) in [7, 11) is 0. The van der Waals surface area contributed by atoms with Crippen LogP contribution in [-0.2, 0) is 16.2 Å². The van der Waals surface area contributed by atoms with Crippen molar-refractivity contribution in [2.24, 2.45) is 28.8 Å². The topological polar surface area (TPSA) is 59.0 Å². The predicted octanol–water partition coefficient (Wildman–Crippen LogP) is 5.69. The van der Waals surface area contributed by atoms with Crippen molar-refractivity contribution in [3.63, 3.8) is 0 Å². The maximum absolute atomic E-state index is 12.8. The highest BCUT2D eigenvalue weighted by atomic mass is 79.9. The average molecular weight is 609 g/mol. The predicted molar refractivity (Wildman–Crippen MR) is 127 cm³/mol. The van der Waals surface area contributed by atoms with Crippen LogP contribution in [0.15, 0.2) is 67.1 Å². The van der Waals surface area contributed by atoms with E-state index in [-0.39, 0.29) is 35.5 Å². The number of fused-ring (bicyclic) bond motifs is 5. The smallest absolute Gasteiger partial charge is 0.254 e. The molecule has 0 radical (unpaired) electrons. The number of hydrogen-bond acceptors (Lipinski definition) is 4. The van der Waals surface area contributed by atoms with Crippen molar-refractivity contribution >= 4 is 65.8 Å². The van der Waals surface area contributed by atoms with Gasteiger partial charge in [0.05, 0.1) is 18.1 Å². The highest BCUT2D eigenvalue weighted by molar-refractivity contribution is 9.11. The lowest BCUT2D eigenvalue weighted by Gasteiger charge is -2.13. The van der Waals surface area contributed by atoms with Crippen LogP contribution < -0.4 is 4.74 Å². The molecule has 2 amide bonds. The van der Waals surface area contributed by atoms with Gasteiger partial charge in [-0.15, -0.1) is 0 Å². The first-order chi connectivity index (χ1) is 14.9. The molecule has 0 N–H and O–H groups in total. The molecule has 0 aromatic heterocycles. The highest BCUT2D eigenvalue weighted by Crippen LogP contribution is 2.52. The summed E-state index contributed by atoms with van der Waals surface area (Å²) in [5.41, 5.74) is 1.68. The van der Waals surface area contributed by atoms with E-state index in [1.54, 1.807) is 0 Å². The molecule has 4 atom stereocenters. The fraction of sp³-hybridized carbons (Fsp3) is 0.261. The van der Waals surface area contributed by atoms with Gasteiger partial charge in [0.15, 0.2) is 0 Å². The van der Waals surface area contributed by atoms with E-state index in [4.69, 9.17) is 4.74 Å². The summed E-state index contributed by atoms with van der Waals surface area (Å²) in [6.45, 7) is 0.358. The van der Waals surface area contributed by atoms with E-state index in [1.807, 2.05) is 36.4 Å². The van der Waals surface area contributed by atoms with Gasteiger partial charge in [-0.1, -0.05) is 66.0 Å². The Labute approximate surface area is 204 Å². The van der Waals surface area contributed by atoms with Crippen molar-refractivity contribution in [1.29, 1.82) is 0 Å². The van der Waals surface area contributed by atoms with Gasteiger partial charge in [0.2, 0.25) is 0 Å². The van der Waals surface area contributed by atoms with Crippen LogP contribution >= 0.6 is 47.8 Å². The number of rotatable bonds is 5. The van der Waals surface area contributed by atoms with Gasteiger partial charge < -0.3 is 4.74 Å². The monoisotopic (exact) mass is 606 g/mol. The van der Waals surface area contributed by atoms with Gasteiger partial charge in [-0.2, -0.15) is 10.1 Å². The Morgan fingerprint density at radius 1 is 0.968 bits per heavy atom. The second-order valence-corrected chi connectivity index (χ2v) is 10.6. The second-order valence-electron chi connectivity index (χ2n) is 7.94. The number of imide groups is 1. The van der Waals surface area contributed by atoms with Crippen molar-refractivity contribution < 1.29 is 14.3 Å². The molecule has 2 fully saturated rings. The third-order valence-corrected chi connectivity index (χ3v) is 7.85. The maximum atomic E-state index is 12.8. The summed E-state index contributed by atoms with van der Waals surface area (Å²) in [6, 6.07) is 11.5. The van der Waals surface area contributed by atoms with Crippen LogP contribution in [0.25, 0.3) is 0 Å². The van der Waals surface area contributed by atoms with Gasteiger partial charge in [0.1, 0.15) is 12.4 Å². The maximum Gasteiger partial charge on any atom is 0.254 e. The van der Waals surface area contributed by atoms with Crippen LogP contribution in [0.5, 0.6) is 5.75 Å². The number of benzene rings is 2. The quantitative estimate of drug-likeness (QED) is 0.249. The highest BCUT2D eigenvalue weighted by Gasteiger charge is 2.59. The Bertz CT molecular complexity index is 1120.